The van der Waals surface area contributed by atoms with Crippen molar-refractivity contribution in [2.24, 2.45) is 0 Å². The van der Waals surface area contributed by atoms with Gasteiger partial charge in [0, 0.05) is 10.7 Å². The van der Waals surface area contributed by atoms with Crippen LogP contribution in [0.1, 0.15) is 43.5 Å². The fraction of sp³-hybridized carbons (Fsp3) is 0.318. The lowest BCUT2D eigenvalue weighted by Crippen LogP contribution is -2.45. The second kappa shape index (κ2) is 8.15. The van der Waals surface area contributed by atoms with E-state index in [9.17, 15) is 4.79 Å². The quantitative estimate of drug-likeness (QED) is 0.695. The Morgan fingerprint density at radius 2 is 1.86 bits per heavy atom. The molecule has 1 amide bonds. The number of benzene rings is 2. The number of hydrogen-bond acceptors (Lipinski definition) is 3. The zero-order valence-corrected chi connectivity index (χ0v) is 16.4. The molecule has 5 nitrogen and oxygen atoms in total. The molecule has 4 rings (SSSR count). The van der Waals surface area contributed by atoms with E-state index in [0.29, 0.717) is 17.4 Å². The third-order valence-electron chi connectivity index (χ3n) is 5.58. The summed E-state index contributed by atoms with van der Waals surface area (Å²) < 4.78 is 1.90. The summed E-state index contributed by atoms with van der Waals surface area (Å²) in [6, 6.07) is 17.6. The topological polar surface area (TPSA) is 59.8 Å². The van der Waals surface area contributed by atoms with Gasteiger partial charge in [-0.15, -0.1) is 10.2 Å². The molecule has 0 bridgehead atoms. The van der Waals surface area contributed by atoms with Crippen molar-refractivity contribution in [2.75, 3.05) is 0 Å². The molecule has 1 fully saturated rings. The molecule has 3 aromatic rings. The zero-order chi connectivity index (χ0) is 19.4. The zero-order valence-electron chi connectivity index (χ0n) is 15.6. The maximum atomic E-state index is 13.4. The average Bonchev–Trinajstić information content (AvgIpc) is 3.22. The van der Waals surface area contributed by atoms with Crippen LogP contribution in [0.3, 0.4) is 0 Å². The maximum absolute atomic E-state index is 13.4. The minimum Gasteiger partial charge on any atom is -0.348 e. The van der Waals surface area contributed by atoms with Crippen LogP contribution in [0, 0.1) is 0 Å². The molecule has 0 atom stereocenters. The van der Waals surface area contributed by atoms with Crippen molar-refractivity contribution < 1.29 is 4.79 Å². The first-order valence-electron chi connectivity index (χ1n) is 9.68. The summed E-state index contributed by atoms with van der Waals surface area (Å²) in [5, 5.41) is 12.0. The Morgan fingerprint density at radius 1 is 1.07 bits per heavy atom. The van der Waals surface area contributed by atoms with E-state index in [-0.39, 0.29) is 5.91 Å². The Kier molecular flexibility index (Phi) is 5.44. The van der Waals surface area contributed by atoms with Crippen LogP contribution in [0.15, 0.2) is 60.9 Å². The molecule has 2 aromatic carbocycles. The van der Waals surface area contributed by atoms with Gasteiger partial charge in [0.1, 0.15) is 6.33 Å². The van der Waals surface area contributed by atoms with Gasteiger partial charge in [0.15, 0.2) is 5.82 Å². The highest BCUT2D eigenvalue weighted by molar-refractivity contribution is 6.30. The Balaban J connectivity index is 1.56. The fourth-order valence-electron chi connectivity index (χ4n) is 4.10. The lowest BCUT2D eigenvalue weighted by atomic mass is 9.68. The van der Waals surface area contributed by atoms with Crippen LogP contribution in [0.5, 0.6) is 0 Å². The van der Waals surface area contributed by atoms with E-state index in [1.165, 1.54) is 0 Å². The molecule has 0 unspecified atom stereocenters. The Bertz CT molecular complexity index is 948. The molecule has 0 aliphatic heterocycles. The van der Waals surface area contributed by atoms with E-state index in [2.05, 4.69) is 15.5 Å². The van der Waals surface area contributed by atoms with Gasteiger partial charge in [0.25, 0.3) is 0 Å². The van der Waals surface area contributed by atoms with E-state index in [1.54, 1.807) is 6.33 Å². The van der Waals surface area contributed by atoms with Crippen LogP contribution in [-0.2, 0) is 16.8 Å². The molecule has 0 saturated heterocycles. The number of hydrogen-bond donors (Lipinski definition) is 1. The lowest BCUT2D eigenvalue weighted by Gasteiger charge is -2.36. The number of nitrogens with one attached hydrogen (secondary N) is 1. The van der Waals surface area contributed by atoms with Crippen LogP contribution in [-0.4, -0.2) is 20.7 Å². The number of carbonyl (C=O) groups excluding carboxylic acids is 1. The molecule has 1 N–H and O–H groups in total. The molecular formula is C22H23ClN4O. The Morgan fingerprint density at radius 3 is 2.61 bits per heavy atom. The van der Waals surface area contributed by atoms with E-state index in [4.69, 9.17) is 11.6 Å². The van der Waals surface area contributed by atoms with E-state index >= 15 is 0 Å². The van der Waals surface area contributed by atoms with Gasteiger partial charge in [-0.3, -0.25) is 9.36 Å². The van der Waals surface area contributed by atoms with Crippen LogP contribution >= 0.6 is 11.6 Å². The molecule has 0 radical (unpaired) electrons. The SMILES string of the molecule is O=C(NCc1nncn1-c1ccccc1)C1(c2cccc(Cl)c2)CCCCC1. The van der Waals surface area contributed by atoms with Gasteiger partial charge in [-0.2, -0.15) is 0 Å². The summed E-state index contributed by atoms with van der Waals surface area (Å²) in [5.74, 6) is 0.744. The maximum Gasteiger partial charge on any atom is 0.231 e. The van der Waals surface area contributed by atoms with Crippen molar-refractivity contribution in [3.8, 4) is 5.69 Å². The number of aromatic nitrogens is 3. The molecule has 1 aliphatic carbocycles. The van der Waals surface area contributed by atoms with Crippen LogP contribution in [0.4, 0.5) is 0 Å². The van der Waals surface area contributed by atoms with Gasteiger partial charge in [0.2, 0.25) is 5.91 Å². The summed E-state index contributed by atoms with van der Waals surface area (Å²) in [5.41, 5.74) is 1.45. The number of amides is 1. The standard InChI is InChI=1S/C22H23ClN4O/c23-18-9-7-8-17(14-18)22(12-5-2-6-13-22)21(28)24-15-20-26-25-16-27(20)19-10-3-1-4-11-19/h1,3-4,7-11,14,16H,2,5-6,12-13,15H2,(H,24,28). The molecule has 6 heteroatoms. The largest absolute Gasteiger partial charge is 0.348 e. The minimum absolute atomic E-state index is 0.0390. The second-order valence-corrected chi connectivity index (χ2v) is 7.72. The molecule has 1 aromatic heterocycles. The number of halogens is 1. The first-order chi connectivity index (χ1) is 13.7. The van der Waals surface area contributed by atoms with Gasteiger partial charge >= 0.3 is 0 Å². The third kappa shape index (κ3) is 3.67. The van der Waals surface area contributed by atoms with E-state index in [1.807, 2.05) is 59.2 Å². The van der Waals surface area contributed by atoms with E-state index < -0.39 is 5.41 Å². The highest BCUT2D eigenvalue weighted by Crippen LogP contribution is 2.40. The highest BCUT2D eigenvalue weighted by atomic mass is 35.5. The predicted octanol–water partition coefficient (Wildman–Crippen LogP) is 4.44. The smallest absolute Gasteiger partial charge is 0.231 e. The second-order valence-electron chi connectivity index (χ2n) is 7.29. The molecule has 1 aliphatic rings. The normalized spacial score (nSPS) is 15.9. The van der Waals surface area contributed by atoms with E-state index in [0.717, 1.165) is 43.4 Å². The Hall–Kier alpha value is -2.66. The summed E-state index contributed by atoms with van der Waals surface area (Å²) in [4.78, 5) is 13.4. The van der Waals surface area contributed by atoms with Crippen molar-refractivity contribution in [1.82, 2.24) is 20.1 Å². The van der Waals surface area contributed by atoms with Gasteiger partial charge in [-0.1, -0.05) is 61.2 Å². The molecular weight excluding hydrogens is 372 g/mol. The van der Waals surface area contributed by atoms with Gasteiger partial charge in [-0.05, 0) is 42.7 Å². The van der Waals surface area contributed by atoms with Crippen molar-refractivity contribution in [3.05, 3.63) is 77.3 Å². The predicted molar refractivity (Wildman–Crippen MR) is 109 cm³/mol. The van der Waals surface area contributed by atoms with Gasteiger partial charge < -0.3 is 5.32 Å². The first-order valence-corrected chi connectivity index (χ1v) is 10.1. The van der Waals surface area contributed by atoms with Crippen LogP contribution in [0.2, 0.25) is 5.02 Å². The minimum atomic E-state index is -0.527. The fourth-order valence-corrected chi connectivity index (χ4v) is 4.29. The third-order valence-corrected chi connectivity index (χ3v) is 5.81. The number of para-hydroxylation sites is 1. The number of carbonyl (C=O) groups is 1. The summed E-state index contributed by atoms with van der Waals surface area (Å²) >= 11 is 6.22. The number of nitrogens with zero attached hydrogens (tertiary/aromatic N) is 3. The summed E-state index contributed by atoms with van der Waals surface area (Å²) in [7, 11) is 0. The first kappa shape index (κ1) is 18.7. The van der Waals surface area contributed by atoms with Gasteiger partial charge in [0.05, 0.1) is 12.0 Å². The summed E-state index contributed by atoms with van der Waals surface area (Å²) in [6.07, 6.45) is 6.59. The molecule has 0 spiro atoms. The molecule has 1 saturated carbocycles. The van der Waals surface area contributed by atoms with Crippen molar-refractivity contribution >= 4 is 17.5 Å². The van der Waals surface area contributed by atoms with Crippen LogP contribution < -0.4 is 5.32 Å². The van der Waals surface area contributed by atoms with Crippen molar-refractivity contribution in [2.45, 2.75) is 44.1 Å². The number of rotatable bonds is 5. The molecule has 144 valence electrons. The molecule has 28 heavy (non-hydrogen) atoms. The lowest BCUT2D eigenvalue weighted by molar-refractivity contribution is -0.128. The molecule has 1 heterocycles. The Labute approximate surface area is 169 Å². The van der Waals surface area contributed by atoms with Gasteiger partial charge in [-0.25, -0.2) is 0 Å². The van der Waals surface area contributed by atoms with Crippen molar-refractivity contribution in [1.29, 1.82) is 0 Å². The average molecular weight is 395 g/mol. The summed E-state index contributed by atoms with van der Waals surface area (Å²) in [6.45, 7) is 0.329. The van der Waals surface area contributed by atoms with Crippen molar-refractivity contribution in [3.63, 3.8) is 0 Å². The van der Waals surface area contributed by atoms with Crippen LogP contribution in [0.25, 0.3) is 5.69 Å². The monoisotopic (exact) mass is 394 g/mol. The highest BCUT2D eigenvalue weighted by Gasteiger charge is 2.41.